The van der Waals surface area contributed by atoms with Crippen LogP contribution in [0, 0.1) is 5.92 Å². The first-order valence-corrected chi connectivity index (χ1v) is 8.33. The van der Waals surface area contributed by atoms with Gasteiger partial charge in [-0.25, -0.2) is 4.98 Å². The van der Waals surface area contributed by atoms with E-state index in [1.54, 1.807) is 0 Å². The lowest BCUT2D eigenvalue weighted by Gasteiger charge is -2.26. The number of nitrogens with zero attached hydrogens (tertiary/aromatic N) is 3. The molecule has 0 atom stereocenters. The van der Waals surface area contributed by atoms with Gasteiger partial charge in [-0.05, 0) is 49.1 Å². The Morgan fingerprint density at radius 3 is 2.78 bits per heavy atom. The zero-order valence-corrected chi connectivity index (χ0v) is 13.5. The highest BCUT2D eigenvalue weighted by Crippen LogP contribution is 2.37. The molecule has 4 rings (SSSR count). The first kappa shape index (κ1) is 14.2. The first-order valence-electron chi connectivity index (χ1n) is 8.33. The minimum atomic E-state index is 0.625. The Morgan fingerprint density at radius 1 is 1.26 bits per heavy atom. The van der Waals surface area contributed by atoms with E-state index in [9.17, 15) is 0 Å². The van der Waals surface area contributed by atoms with E-state index in [1.807, 2.05) is 36.5 Å². The molecular weight excluding hydrogens is 284 g/mol. The van der Waals surface area contributed by atoms with Crippen LogP contribution in [0.15, 0.2) is 43.5 Å². The van der Waals surface area contributed by atoms with Crippen LogP contribution in [0.1, 0.15) is 37.2 Å². The van der Waals surface area contributed by atoms with Crippen molar-refractivity contribution < 1.29 is 0 Å². The molecule has 23 heavy (non-hydrogen) atoms. The molecule has 0 saturated heterocycles. The summed E-state index contributed by atoms with van der Waals surface area (Å²) in [4.78, 5) is 7.93. The van der Waals surface area contributed by atoms with E-state index in [0.717, 1.165) is 11.2 Å². The Bertz CT molecular complexity index is 834. The van der Waals surface area contributed by atoms with Crippen LogP contribution in [0.3, 0.4) is 0 Å². The summed E-state index contributed by atoms with van der Waals surface area (Å²) >= 11 is 0. The average Bonchev–Trinajstić information content (AvgIpc) is 3.20. The number of allylic oxidation sites excluding steroid dienone is 1. The number of nitrogens with one attached hydrogen (secondary N) is 1. The first-order chi connectivity index (χ1) is 11.2. The molecule has 3 aromatic rings. The Morgan fingerprint density at radius 2 is 2.09 bits per heavy atom. The van der Waals surface area contributed by atoms with Gasteiger partial charge in [-0.15, -0.1) is 6.58 Å². The molecule has 0 radical (unpaired) electrons. The molecule has 3 aromatic heterocycles. The molecule has 4 heteroatoms. The summed E-state index contributed by atoms with van der Waals surface area (Å²) in [5, 5.41) is 5.48. The fourth-order valence-electron chi connectivity index (χ4n) is 3.73. The fraction of sp³-hybridized carbons (Fsp3) is 0.368. The van der Waals surface area contributed by atoms with Crippen molar-refractivity contribution in [2.24, 2.45) is 13.0 Å². The normalized spacial score (nSPS) is 21.6. The van der Waals surface area contributed by atoms with Gasteiger partial charge in [0.1, 0.15) is 5.65 Å². The van der Waals surface area contributed by atoms with Gasteiger partial charge in [0, 0.05) is 42.2 Å². The summed E-state index contributed by atoms with van der Waals surface area (Å²) in [6.45, 7) is 3.94. The predicted octanol–water partition coefficient (Wildman–Crippen LogP) is 4.42. The Labute approximate surface area is 136 Å². The monoisotopic (exact) mass is 306 g/mol. The second-order valence-electron chi connectivity index (χ2n) is 6.62. The van der Waals surface area contributed by atoms with Crippen molar-refractivity contribution in [3.05, 3.63) is 49.1 Å². The molecular formula is C19H22N4. The van der Waals surface area contributed by atoms with Crippen LogP contribution in [0.2, 0.25) is 0 Å². The number of aromatic nitrogens is 4. The molecule has 1 aliphatic rings. The van der Waals surface area contributed by atoms with E-state index in [-0.39, 0.29) is 0 Å². The average molecular weight is 306 g/mol. The number of fused-ring (bicyclic) bond motifs is 1. The topological polar surface area (TPSA) is 46.5 Å². The summed E-state index contributed by atoms with van der Waals surface area (Å²) in [7, 11) is 1.94. The zero-order valence-electron chi connectivity index (χ0n) is 13.5. The van der Waals surface area contributed by atoms with Crippen molar-refractivity contribution in [2.45, 2.75) is 31.6 Å². The van der Waals surface area contributed by atoms with E-state index in [4.69, 9.17) is 0 Å². The highest BCUT2D eigenvalue weighted by molar-refractivity contribution is 5.93. The van der Waals surface area contributed by atoms with Crippen LogP contribution in [-0.2, 0) is 7.05 Å². The van der Waals surface area contributed by atoms with Crippen LogP contribution in [0.5, 0.6) is 0 Å². The molecule has 1 N–H and O–H groups in total. The highest BCUT2D eigenvalue weighted by atomic mass is 15.2. The van der Waals surface area contributed by atoms with Crippen molar-refractivity contribution in [1.29, 1.82) is 0 Å². The number of H-pyrrole nitrogens is 1. The van der Waals surface area contributed by atoms with Crippen LogP contribution in [0.4, 0.5) is 0 Å². The standard InChI is InChI=1S/C19H22N4/c1-3-13-4-6-14(7-5-13)15-8-17-18(11-21-19(17)20-9-15)16-10-22-23(2)12-16/h3,8-14H,1,4-7H2,2H3,(H,20,21). The van der Waals surface area contributed by atoms with Crippen molar-refractivity contribution in [3.8, 4) is 11.1 Å². The van der Waals surface area contributed by atoms with E-state index < -0.39 is 0 Å². The van der Waals surface area contributed by atoms with Gasteiger partial charge in [0.25, 0.3) is 0 Å². The van der Waals surface area contributed by atoms with E-state index >= 15 is 0 Å². The molecule has 0 amide bonds. The molecule has 0 bridgehead atoms. The third kappa shape index (κ3) is 2.58. The quantitative estimate of drug-likeness (QED) is 0.728. The Kier molecular flexibility index (Phi) is 3.52. The molecule has 118 valence electrons. The fourth-order valence-corrected chi connectivity index (χ4v) is 3.73. The molecule has 3 heterocycles. The van der Waals surface area contributed by atoms with E-state index in [1.165, 1.54) is 42.2 Å². The van der Waals surface area contributed by atoms with Crippen molar-refractivity contribution in [2.75, 3.05) is 0 Å². The molecule has 0 aliphatic heterocycles. The van der Waals surface area contributed by atoms with Crippen LogP contribution >= 0.6 is 0 Å². The lowest BCUT2D eigenvalue weighted by Crippen LogP contribution is -2.11. The molecule has 1 fully saturated rings. The van der Waals surface area contributed by atoms with Gasteiger partial charge in [0.2, 0.25) is 0 Å². The number of pyridine rings is 1. The zero-order chi connectivity index (χ0) is 15.8. The third-order valence-corrected chi connectivity index (χ3v) is 5.14. The number of aromatic amines is 1. The molecule has 0 aromatic carbocycles. The molecule has 1 aliphatic carbocycles. The van der Waals surface area contributed by atoms with Crippen LogP contribution in [-0.4, -0.2) is 19.7 Å². The highest BCUT2D eigenvalue weighted by Gasteiger charge is 2.21. The number of hydrogen-bond donors (Lipinski definition) is 1. The third-order valence-electron chi connectivity index (χ3n) is 5.14. The number of aryl methyl sites for hydroxylation is 1. The van der Waals surface area contributed by atoms with E-state index in [0.29, 0.717) is 11.8 Å². The van der Waals surface area contributed by atoms with Gasteiger partial charge in [-0.3, -0.25) is 4.68 Å². The molecule has 4 nitrogen and oxygen atoms in total. The number of rotatable bonds is 3. The predicted molar refractivity (Wildman–Crippen MR) is 93.2 cm³/mol. The van der Waals surface area contributed by atoms with Crippen molar-refractivity contribution in [1.82, 2.24) is 19.7 Å². The Hall–Kier alpha value is -2.36. The second-order valence-corrected chi connectivity index (χ2v) is 6.62. The summed E-state index contributed by atoms with van der Waals surface area (Å²) in [6, 6.07) is 2.32. The second kappa shape index (κ2) is 5.69. The van der Waals surface area contributed by atoms with Gasteiger partial charge in [0.05, 0.1) is 6.20 Å². The molecule has 0 spiro atoms. The minimum Gasteiger partial charge on any atom is -0.346 e. The van der Waals surface area contributed by atoms with Crippen molar-refractivity contribution >= 4 is 11.0 Å². The van der Waals surface area contributed by atoms with Gasteiger partial charge >= 0.3 is 0 Å². The Balaban J connectivity index is 1.68. The maximum atomic E-state index is 4.65. The van der Waals surface area contributed by atoms with Gasteiger partial charge in [-0.1, -0.05) is 6.08 Å². The largest absolute Gasteiger partial charge is 0.346 e. The maximum Gasteiger partial charge on any atom is 0.137 e. The summed E-state index contributed by atoms with van der Waals surface area (Å²) < 4.78 is 1.84. The maximum absolute atomic E-state index is 4.65. The minimum absolute atomic E-state index is 0.625. The summed E-state index contributed by atoms with van der Waals surface area (Å²) in [5.74, 6) is 1.32. The SMILES string of the molecule is C=CC1CCC(c2cnc3[nH]cc(-c4cnn(C)c4)c3c2)CC1. The van der Waals surface area contributed by atoms with Crippen molar-refractivity contribution in [3.63, 3.8) is 0 Å². The lowest BCUT2D eigenvalue weighted by atomic mass is 9.79. The van der Waals surface area contributed by atoms with Crippen LogP contribution in [0.25, 0.3) is 22.2 Å². The smallest absolute Gasteiger partial charge is 0.137 e. The van der Waals surface area contributed by atoms with Gasteiger partial charge in [-0.2, -0.15) is 5.10 Å². The molecule has 0 unspecified atom stereocenters. The van der Waals surface area contributed by atoms with Crippen LogP contribution < -0.4 is 0 Å². The number of hydrogen-bond acceptors (Lipinski definition) is 2. The summed E-state index contributed by atoms with van der Waals surface area (Å²) in [5.41, 5.74) is 4.63. The molecule has 1 saturated carbocycles. The lowest BCUT2D eigenvalue weighted by molar-refractivity contribution is 0.376. The van der Waals surface area contributed by atoms with E-state index in [2.05, 4.69) is 33.8 Å². The summed E-state index contributed by atoms with van der Waals surface area (Å²) in [6.07, 6.45) is 15.1. The van der Waals surface area contributed by atoms with Gasteiger partial charge in [0.15, 0.2) is 0 Å². The van der Waals surface area contributed by atoms with Gasteiger partial charge < -0.3 is 4.98 Å².